The molecule has 1 aromatic rings. The highest BCUT2D eigenvalue weighted by atomic mass is 79.9. The third-order valence-corrected chi connectivity index (χ3v) is 3.01. The van der Waals surface area contributed by atoms with Gasteiger partial charge in [-0.15, -0.1) is 0 Å². The molecule has 1 heterocycles. The van der Waals surface area contributed by atoms with Crippen LogP contribution in [0.2, 0.25) is 0 Å². The molecule has 1 rings (SSSR count). The van der Waals surface area contributed by atoms with Gasteiger partial charge in [0, 0.05) is 12.6 Å². The molecule has 0 amide bonds. The van der Waals surface area contributed by atoms with E-state index >= 15 is 0 Å². The van der Waals surface area contributed by atoms with Crippen LogP contribution in [-0.2, 0) is 0 Å². The average molecular weight is 289 g/mol. The van der Waals surface area contributed by atoms with Crippen molar-refractivity contribution >= 4 is 27.7 Å². The lowest BCUT2D eigenvalue weighted by molar-refractivity contribution is 0.0455. The standard InChI is InChI=1S/C10H17BrN4O/c1-3-10(16,4-2)6-13-9-14-7(11)5-8(12)15-9/h5,16H,3-4,6H2,1-2H3,(H3,12,13,14,15). The molecule has 0 radical (unpaired) electrons. The van der Waals surface area contributed by atoms with Crippen molar-refractivity contribution < 1.29 is 5.11 Å². The summed E-state index contributed by atoms with van der Waals surface area (Å²) in [5, 5.41) is 13.1. The van der Waals surface area contributed by atoms with Gasteiger partial charge in [-0.05, 0) is 28.8 Å². The zero-order valence-corrected chi connectivity index (χ0v) is 11.1. The fourth-order valence-corrected chi connectivity index (χ4v) is 1.66. The van der Waals surface area contributed by atoms with Crippen LogP contribution in [0.1, 0.15) is 26.7 Å². The Kier molecular flexibility index (Phi) is 4.49. The number of hydrogen-bond acceptors (Lipinski definition) is 5. The fourth-order valence-electron chi connectivity index (χ4n) is 1.26. The number of anilines is 2. The summed E-state index contributed by atoms with van der Waals surface area (Å²) >= 11 is 3.23. The Labute approximate surface area is 104 Å². The molecule has 16 heavy (non-hydrogen) atoms. The van der Waals surface area contributed by atoms with Crippen LogP contribution in [0.15, 0.2) is 10.7 Å². The van der Waals surface area contributed by atoms with Gasteiger partial charge in [0.25, 0.3) is 0 Å². The van der Waals surface area contributed by atoms with E-state index in [1.54, 1.807) is 6.07 Å². The molecule has 1 aromatic heterocycles. The molecule has 0 aliphatic heterocycles. The monoisotopic (exact) mass is 288 g/mol. The first kappa shape index (κ1) is 13.2. The minimum Gasteiger partial charge on any atom is -0.388 e. The Bertz CT molecular complexity index is 334. The van der Waals surface area contributed by atoms with Gasteiger partial charge in [-0.2, -0.15) is 4.98 Å². The molecule has 6 heteroatoms. The van der Waals surface area contributed by atoms with Gasteiger partial charge in [0.15, 0.2) is 0 Å². The maximum absolute atomic E-state index is 10.1. The summed E-state index contributed by atoms with van der Waals surface area (Å²) < 4.78 is 0.624. The van der Waals surface area contributed by atoms with Gasteiger partial charge < -0.3 is 16.2 Å². The van der Waals surface area contributed by atoms with E-state index in [9.17, 15) is 5.11 Å². The van der Waals surface area contributed by atoms with E-state index in [2.05, 4.69) is 31.2 Å². The molecule has 0 bridgehead atoms. The number of hydrogen-bond donors (Lipinski definition) is 3. The summed E-state index contributed by atoms with van der Waals surface area (Å²) in [6, 6.07) is 1.62. The Morgan fingerprint density at radius 3 is 2.56 bits per heavy atom. The van der Waals surface area contributed by atoms with Gasteiger partial charge in [0.1, 0.15) is 10.4 Å². The number of nitrogens with two attached hydrogens (primary N) is 1. The quantitative estimate of drug-likeness (QED) is 0.720. The lowest BCUT2D eigenvalue weighted by Crippen LogP contribution is -2.35. The second-order valence-corrected chi connectivity index (χ2v) is 4.54. The highest BCUT2D eigenvalue weighted by Gasteiger charge is 2.22. The molecule has 0 saturated carbocycles. The van der Waals surface area contributed by atoms with Crippen molar-refractivity contribution in [3.8, 4) is 0 Å². The molecule has 0 atom stereocenters. The van der Waals surface area contributed by atoms with Crippen LogP contribution >= 0.6 is 15.9 Å². The Morgan fingerprint density at radius 1 is 1.44 bits per heavy atom. The van der Waals surface area contributed by atoms with E-state index in [0.717, 1.165) is 0 Å². The first-order valence-electron chi connectivity index (χ1n) is 5.25. The highest BCUT2D eigenvalue weighted by Crippen LogP contribution is 2.17. The predicted molar refractivity (Wildman–Crippen MR) is 68.2 cm³/mol. The average Bonchev–Trinajstić information content (AvgIpc) is 2.25. The summed E-state index contributed by atoms with van der Waals surface area (Å²) in [7, 11) is 0. The predicted octanol–water partition coefficient (Wildman–Crippen LogP) is 1.78. The maximum atomic E-state index is 10.1. The third kappa shape index (κ3) is 3.61. The molecule has 0 aromatic carbocycles. The van der Waals surface area contributed by atoms with Crippen LogP contribution in [0.25, 0.3) is 0 Å². The van der Waals surface area contributed by atoms with Gasteiger partial charge in [0.05, 0.1) is 5.60 Å². The number of halogens is 1. The number of aliphatic hydroxyl groups is 1. The van der Waals surface area contributed by atoms with Gasteiger partial charge in [0.2, 0.25) is 5.95 Å². The van der Waals surface area contributed by atoms with Crippen molar-refractivity contribution in [3.05, 3.63) is 10.7 Å². The number of nitrogen functional groups attached to an aromatic ring is 1. The summed E-state index contributed by atoms with van der Waals surface area (Å²) in [6.45, 7) is 4.30. The molecular weight excluding hydrogens is 272 g/mol. The summed E-state index contributed by atoms with van der Waals surface area (Å²) in [5.41, 5.74) is 4.86. The first-order chi connectivity index (χ1) is 7.49. The van der Waals surface area contributed by atoms with Crippen molar-refractivity contribution in [1.82, 2.24) is 9.97 Å². The molecule has 0 aliphatic rings. The fraction of sp³-hybridized carbons (Fsp3) is 0.600. The van der Waals surface area contributed by atoms with Gasteiger partial charge in [-0.25, -0.2) is 4.98 Å². The molecule has 0 aliphatic carbocycles. The van der Waals surface area contributed by atoms with E-state index in [0.29, 0.717) is 35.8 Å². The van der Waals surface area contributed by atoms with Crippen molar-refractivity contribution in [2.24, 2.45) is 0 Å². The molecule has 0 spiro atoms. The molecule has 90 valence electrons. The van der Waals surface area contributed by atoms with Crippen LogP contribution < -0.4 is 11.1 Å². The number of nitrogens with one attached hydrogen (secondary N) is 1. The third-order valence-electron chi connectivity index (χ3n) is 2.61. The maximum Gasteiger partial charge on any atom is 0.225 e. The molecule has 5 nitrogen and oxygen atoms in total. The van der Waals surface area contributed by atoms with E-state index in [1.165, 1.54) is 0 Å². The van der Waals surface area contributed by atoms with Crippen LogP contribution in [0, 0.1) is 0 Å². The van der Waals surface area contributed by atoms with Crippen LogP contribution in [-0.4, -0.2) is 27.2 Å². The largest absolute Gasteiger partial charge is 0.388 e. The topological polar surface area (TPSA) is 84.1 Å². The normalized spacial score (nSPS) is 11.5. The highest BCUT2D eigenvalue weighted by molar-refractivity contribution is 9.10. The Balaban J connectivity index is 2.67. The number of nitrogens with zero attached hydrogens (tertiary/aromatic N) is 2. The Hall–Kier alpha value is -0.880. The van der Waals surface area contributed by atoms with Crippen LogP contribution in [0.3, 0.4) is 0 Å². The van der Waals surface area contributed by atoms with Crippen molar-refractivity contribution in [2.45, 2.75) is 32.3 Å². The Morgan fingerprint density at radius 2 is 2.06 bits per heavy atom. The minimum absolute atomic E-state index is 0.390. The van der Waals surface area contributed by atoms with E-state index < -0.39 is 5.60 Å². The minimum atomic E-state index is -0.722. The molecule has 0 saturated heterocycles. The van der Waals surface area contributed by atoms with E-state index in [-0.39, 0.29) is 0 Å². The van der Waals surface area contributed by atoms with Crippen molar-refractivity contribution in [2.75, 3.05) is 17.6 Å². The second-order valence-electron chi connectivity index (χ2n) is 3.72. The number of rotatable bonds is 5. The van der Waals surface area contributed by atoms with Gasteiger partial charge in [-0.3, -0.25) is 0 Å². The summed E-state index contributed by atoms with van der Waals surface area (Å²) in [6.07, 6.45) is 1.36. The lowest BCUT2D eigenvalue weighted by Gasteiger charge is -2.25. The second kappa shape index (κ2) is 5.45. The number of aromatic nitrogens is 2. The summed E-state index contributed by atoms with van der Waals surface area (Å²) in [4.78, 5) is 8.13. The first-order valence-corrected chi connectivity index (χ1v) is 6.04. The van der Waals surface area contributed by atoms with Gasteiger partial charge >= 0.3 is 0 Å². The van der Waals surface area contributed by atoms with Crippen molar-refractivity contribution in [3.63, 3.8) is 0 Å². The van der Waals surface area contributed by atoms with Crippen LogP contribution in [0.4, 0.5) is 11.8 Å². The van der Waals surface area contributed by atoms with E-state index in [4.69, 9.17) is 5.73 Å². The summed E-state index contributed by atoms with van der Waals surface area (Å²) in [5.74, 6) is 0.813. The zero-order chi connectivity index (χ0) is 12.2. The smallest absolute Gasteiger partial charge is 0.225 e. The van der Waals surface area contributed by atoms with Gasteiger partial charge in [-0.1, -0.05) is 13.8 Å². The molecule has 4 N–H and O–H groups in total. The van der Waals surface area contributed by atoms with Crippen LogP contribution in [0.5, 0.6) is 0 Å². The lowest BCUT2D eigenvalue weighted by atomic mass is 9.98. The van der Waals surface area contributed by atoms with E-state index in [1.807, 2.05) is 13.8 Å². The molecule has 0 unspecified atom stereocenters. The zero-order valence-electron chi connectivity index (χ0n) is 9.50. The van der Waals surface area contributed by atoms with Crippen molar-refractivity contribution in [1.29, 1.82) is 0 Å². The molecular formula is C10H17BrN4O. The SMILES string of the molecule is CCC(O)(CC)CNc1nc(N)cc(Br)n1. The molecule has 0 fully saturated rings.